The molecule has 0 radical (unpaired) electrons. The lowest BCUT2D eigenvalue weighted by molar-refractivity contribution is -0.387. The van der Waals surface area contributed by atoms with Crippen LogP contribution in [0.5, 0.6) is 5.75 Å². The second-order valence-corrected chi connectivity index (χ2v) is 6.19. The van der Waals surface area contributed by atoms with Crippen LogP contribution in [0.3, 0.4) is 0 Å². The number of nitro groups is 1. The van der Waals surface area contributed by atoms with Crippen molar-refractivity contribution in [1.29, 1.82) is 0 Å². The van der Waals surface area contributed by atoms with Crippen LogP contribution in [0.2, 0.25) is 0 Å². The number of tetrazole rings is 1. The molecule has 0 aliphatic heterocycles. The van der Waals surface area contributed by atoms with E-state index in [1.807, 2.05) is 13.0 Å². The molecule has 0 atom stereocenters. The zero-order valence-electron chi connectivity index (χ0n) is 14.1. The van der Waals surface area contributed by atoms with Crippen LogP contribution in [-0.4, -0.2) is 37.6 Å². The highest BCUT2D eigenvalue weighted by Crippen LogP contribution is 2.36. The molecule has 0 saturated heterocycles. The van der Waals surface area contributed by atoms with E-state index in [0.717, 1.165) is 17.8 Å². The van der Waals surface area contributed by atoms with Gasteiger partial charge in [0.15, 0.2) is 0 Å². The molecule has 2 N–H and O–H groups in total. The smallest absolute Gasteiger partial charge is 0.284 e. The first-order valence-corrected chi connectivity index (χ1v) is 8.59. The van der Waals surface area contributed by atoms with Crippen LogP contribution in [0.25, 0.3) is 5.69 Å². The fourth-order valence-corrected chi connectivity index (χ4v) is 3.17. The number of hydrogen-bond donors (Lipinski definition) is 1. The van der Waals surface area contributed by atoms with Crippen molar-refractivity contribution in [3.8, 4) is 11.4 Å². The predicted octanol–water partition coefficient (Wildman–Crippen LogP) is 2.22. The third-order valence-corrected chi connectivity index (χ3v) is 4.48. The zero-order chi connectivity index (χ0) is 19.4. The summed E-state index contributed by atoms with van der Waals surface area (Å²) in [5.41, 5.74) is 5.58. The van der Waals surface area contributed by atoms with Crippen LogP contribution < -0.4 is 10.5 Å². The van der Waals surface area contributed by atoms with Crippen LogP contribution in [-0.2, 0) is 0 Å². The van der Waals surface area contributed by atoms with E-state index >= 15 is 0 Å². The summed E-state index contributed by atoms with van der Waals surface area (Å²) < 4.78 is 7.02. The molecule has 0 aliphatic carbocycles. The first-order valence-electron chi connectivity index (χ1n) is 7.78. The number of ether oxygens (including phenoxy) is 1. The molecule has 27 heavy (non-hydrogen) atoms. The molecule has 1 heterocycles. The molecule has 10 nitrogen and oxygen atoms in total. The van der Waals surface area contributed by atoms with Crippen LogP contribution in [0.4, 0.5) is 5.69 Å². The molecular weight excluding hydrogens is 372 g/mol. The average molecular weight is 386 g/mol. The Morgan fingerprint density at radius 3 is 2.81 bits per heavy atom. The van der Waals surface area contributed by atoms with Gasteiger partial charge >= 0.3 is 0 Å². The summed E-state index contributed by atoms with van der Waals surface area (Å²) in [6, 6.07) is 11.2. The van der Waals surface area contributed by atoms with Crippen molar-refractivity contribution in [1.82, 2.24) is 20.2 Å². The van der Waals surface area contributed by atoms with Crippen LogP contribution in [0.15, 0.2) is 52.5 Å². The van der Waals surface area contributed by atoms with E-state index in [4.69, 9.17) is 10.5 Å². The van der Waals surface area contributed by atoms with Gasteiger partial charge in [-0.25, -0.2) is 0 Å². The van der Waals surface area contributed by atoms with Gasteiger partial charge in [-0.1, -0.05) is 12.1 Å². The minimum atomic E-state index is -0.745. The number of nitro benzene ring substituents is 1. The van der Waals surface area contributed by atoms with Gasteiger partial charge in [-0.3, -0.25) is 14.9 Å². The van der Waals surface area contributed by atoms with Gasteiger partial charge < -0.3 is 10.5 Å². The van der Waals surface area contributed by atoms with E-state index in [1.165, 1.54) is 16.8 Å². The fourth-order valence-electron chi connectivity index (χ4n) is 2.30. The maximum Gasteiger partial charge on any atom is 0.284 e. The molecule has 138 valence electrons. The third-order valence-electron chi connectivity index (χ3n) is 3.48. The Morgan fingerprint density at radius 2 is 2.11 bits per heavy atom. The number of hydrogen-bond acceptors (Lipinski definition) is 8. The normalized spacial score (nSPS) is 10.6. The molecule has 3 rings (SSSR count). The van der Waals surface area contributed by atoms with E-state index < -0.39 is 10.8 Å². The molecule has 2 aromatic carbocycles. The van der Waals surface area contributed by atoms with Gasteiger partial charge in [0.25, 0.3) is 5.69 Å². The van der Waals surface area contributed by atoms with E-state index in [-0.39, 0.29) is 16.1 Å². The van der Waals surface area contributed by atoms with Crippen molar-refractivity contribution in [3.05, 3.63) is 58.1 Å². The Bertz CT molecular complexity index is 1010. The monoisotopic (exact) mass is 386 g/mol. The molecule has 0 spiro atoms. The minimum Gasteiger partial charge on any atom is -0.492 e. The number of benzene rings is 2. The Kier molecular flexibility index (Phi) is 5.31. The lowest BCUT2D eigenvalue weighted by Gasteiger charge is -2.10. The summed E-state index contributed by atoms with van der Waals surface area (Å²) in [5, 5.41) is 23.2. The van der Waals surface area contributed by atoms with Gasteiger partial charge in [0.05, 0.1) is 16.4 Å². The number of aromatic nitrogens is 4. The number of nitrogens with two attached hydrogens (primary N) is 1. The van der Waals surface area contributed by atoms with E-state index in [1.54, 1.807) is 18.2 Å². The van der Waals surface area contributed by atoms with Crippen LogP contribution >= 0.6 is 11.8 Å². The predicted molar refractivity (Wildman–Crippen MR) is 96.1 cm³/mol. The third kappa shape index (κ3) is 3.87. The van der Waals surface area contributed by atoms with Crippen molar-refractivity contribution in [2.24, 2.45) is 5.73 Å². The molecule has 1 amide bonds. The molecule has 0 fully saturated rings. The van der Waals surface area contributed by atoms with Crippen molar-refractivity contribution >= 4 is 23.4 Å². The molecule has 0 unspecified atom stereocenters. The lowest BCUT2D eigenvalue weighted by Crippen LogP contribution is -2.11. The second-order valence-electron chi connectivity index (χ2n) is 5.18. The van der Waals surface area contributed by atoms with E-state index in [0.29, 0.717) is 23.2 Å². The van der Waals surface area contributed by atoms with Gasteiger partial charge in [0.2, 0.25) is 11.1 Å². The lowest BCUT2D eigenvalue weighted by atomic mass is 10.2. The highest BCUT2D eigenvalue weighted by molar-refractivity contribution is 7.99. The van der Waals surface area contributed by atoms with Crippen molar-refractivity contribution in [3.63, 3.8) is 0 Å². The minimum absolute atomic E-state index is 0.0485. The summed E-state index contributed by atoms with van der Waals surface area (Å²) >= 11 is 0.995. The Morgan fingerprint density at radius 1 is 1.33 bits per heavy atom. The molecule has 11 heteroatoms. The fraction of sp³-hybridized carbons (Fsp3) is 0.125. The molecule has 0 saturated carbocycles. The van der Waals surface area contributed by atoms with Crippen LogP contribution in [0.1, 0.15) is 17.3 Å². The van der Waals surface area contributed by atoms with Crippen molar-refractivity contribution in [2.75, 3.05) is 6.61 Å². The summed E-state index contributed by atoms with van der Waals surface area (Å²) in [6.07, 6.45) is 0. The largest absolute Gasteiger partial charge is 0.492 e. The summed E-state index contributed by atoms with van der Waals surface area (Å²) in [6.45, 7) is 2.32. The van der Waals surface area contributed by atoms with Gasteiger partial charge in [0, 0.05) is 11.6 Å². The molecule has 1 aromatic heterocycles. The Labute approximate surface area is 157 Å². The summed E-state index contributed by atoms with van der Waals surface area (Å²) in [7, 11) is 0. The first-order chi connectivity index (χ1) is 13.0. The van der Waals surface area contributed by atoms with Gasteiger partial charge in [-0.05, 0) is 53.4 Å². The van der Waals surface area contributed by atoms with E-state index in [2.05, 4.69) is 15.5 Å². The highest BCUT2D eigenvalue weighted by Gasteiger charge is 2.21. The number of carbonyl (C=O) groups excluding carboxylic acids is 1. The number of primary amides is 1. The highest BCUT2D eigenvalue weighted by atomic mass is 32.2. The Balaban J connectivity index is 2.01. The summed E-state index contributed by atoms with van der Waals surface area (Å²) in [4.78, 5) is 22.4. The quantitative estimate of drug-likeness (QED) is 0.481. The zero-order valence-corrected chi connectivity index (χ0v) is 14.9. The summed E-state index contributed by atoms with van der Waals surface area (Å²) in [5.74, 6) is -0.169. The topological polar surface area (TPSA) is 139 Å². The number of rotatable bonds is 7. The standard InChI is InChI=1S/C16H14N6O4S/c1-2-26-13-6-4-3-5-11(13)21-16(18-19-20-21)27-14-8-7-10(15(17)23)9-12(14)22(24)25/h3-9H,2H2,1H3,(H2,17,23). The van der Waals surface area contributed by atoms with Crippen LogP contribution in [0, 0.1) is 10.1 Å². The molecule has 0 bridgehead atoms. The van der Waals surface area contributed by atoms with Gasteiger partial charge in [0.1, 0.15) is 11.4 Å². The average Bonchev–Trinajstić information content (AvgIpc) is 3.10. The van der Waals surface area contributed by atoms with Crippen molar-refractivity contribution in [2.45, 2.75) is 17.0 Å². The van der Waals surface area contributed by atoms with Gasteiger partial charge in [-0.15, -0.1) is 5.10 Å². The number of nitrogens with zero attached hydrogens (tertiary/aromatic N) is 5. The van der Waals surface area contributed by atoms with Gasteiger partial charge in [-0.2, -0.15) is 4.68 Å². The second kappa shape index (κ2) is 7.83. The van der Waals surface area contributed by atoms with E-state index in [9.17, 15) is 14.9 Å². The number of para-hydroxylation sites is 2. The molecule has 3 aromatic rings. The number of amides is 1. The number of carbonyl (C=O) groups is 1. The maximum atomic E-state index is 11.4. The Hall–Kier alpha value is -3.47. The molecular formula is C16H14N6O4S. The molecule has 0 aliphatic rings. The first kappa shape index (κ1) is 18.3. The van der Waals surface area contributed by atoms with Crippen molar-refractivity contribution < 1.29 is 14.5 Å². The SMILES string of the molecule is CCOc1ccccc1-n1nnnc1Sc1ccc(C(N)=O)cc1[N+](=O)[O-]. The maximum absolute atomic E-state index is 11.4.